The van der Waals surface area contributed by atoms with Crippen LogP contribution in [0.1, 0.15) is 16.7 Å². The number of hydrogen-bond acceptors (Lipinski definition) is 3. The van der Waals surface area contributed by atoms with Gasteiger partial charge in [-0.2, -0.15) is 0 Å². The molecule has 1 heterocycles. The molecule has 0 saturated carbocycles. The molecular weight excluding hydrogens is 233 g/mol. The molecule has 0 aliphatic heterocycles. The van der Waals surface area contributed by atoms with E-state index < -0.39 is 5.82 Å². The average Bonchev–Trinajstić information content (AvgIpc) is 2.36. The van der Waals surface area contributed by atoms with Gasteiger partial charge in [-0.1, -0.05) is 12.1 Å². The Hall–Kier alpha value is -1.94. The molecule has 0 aliphatic carbocycles. The van der Waals surface area contributed by atoms with Crippen LogP contribution in [-0.2, 0) is 6.61 Å². The lowest BCUT2D eigenvalue weighted by molar-refractivity contribution is 0.273. The summed E-state index contributed by atoms with van der Waals surface area (Å²) in [6, 6.07) is 7.10. The molecular formula is C14H14FNO2. The van der Waals surface area contributed by atoms with Crippen LogP contribution < -0.4 is 4.74 Å². The van der Waals surface area contributed by atoms with Crippen molar-refractivity contribution >= 4 is 0 Å². The second-order valence-electron chi connectivity index (χ2n) is 4.12. The summed E-state index contributed by atoms with van der Waals surface area (Å²) in [5.41, 5.74) is 2.09. The van der Waals surface area contributed by atoms with Crippen molar-refractivity contribution in [3.05, 3.63) is 53.0 Å². The number of hydrogen-bond donors (Lipinski definition) is 1. The van der Waals surface area contributed by atoms with Gasteiger partial charge in [0.2, 0.25) is 0 Å². The highest BCUT2D eigenvalue weighted by Crippen LogP contribution is 2.27. The predicted octanol–water partition coefficient (Wildman–Crippen LogP) is 3.12. The van der Waals surface area contributed by atoms with E-state index in [1.807, 2.05) is 32.0 Å². The summed E-state index contributed by atoms with van der Waals surface area (Å²) in [6.07, 6.45) is 1.41. The minimum Gasteiger partial charge on any atom is -0.436 e. The Kier molecular flexibility index (Phi) is 3.58. The highest BCUT2D eigenvalue weighted by atomic mass is 19.1. The van der Waals surface area contributed by atoms with Crippen LogP contribution in [0.3, 0.4) is 0 Å². The molecule has 2 aromatic rings. The summed E-state index contributed by atoms with van der Waals surface area (Å²) in [7, 11) is 0. The van der Waals surface area contributed by atoms with E-state index in [-0.39, 0.29) is 18.1 Å². The molecule has 94 valence electrons. The summed E-state index contributed by atoms with van der Waals surface area (Å²) in [5, 5.41) is 8.98. The number of rotatable bonds is 3. The number of benzene rings is 1. The molecule has 0 radical (unpaired) electrons. The first-order valence-corrected chi connectivity index (χ1v) is 5.61. The fourth-order valence-corrected chi connectivity index (χ4v) is 1.58. The minimum atomic E-state index is -0.624. The molecule has 1 aromatic carbocycles. The number of aryl methyl sites for hydroxylation is 2. The summed E-state index contributed by atoms with van der Waals surface area (Å²) >= 11 is 0. The Balaban J connectivity index is 2.37. The third kappa shape index (κ3) is 2.49. The topological polar surface area (TPSA) is 42.4 Å². The van der Waals surface area contributed by atoms with E-state index >= 15 is 0 Å². The van der Waals surface area contributed by atoms with Gasteiger partial charge in [-0.05, 0) is 37.1 Å². The lowest BCUT2D eigenvalue weighted by Gasteiger charge is -2.10. The first-order valence-electron chi connectivity index (χ1n) is 5.61. The van der Waals surface area contributed by atoms with Crippen LogP contribution in [0.15, 0.2) is 30.5 Å². The second-order valence-corrected chi connectivity index (χ2v) is 4.12. The molecule has 0 fully saturated rings. The molecule has 0 spiro atoms. The number of aliphatic hydroxyl groups excluding tert-OH is 1. The van der Waals surface area contributed by atoms with E-state index in [0.29, 0.717) is 5.75 Å². The van der Waals surface area contributed by atoms with Crippen LogP contribution in [0.25, 0.3) is 0 Å². The molecule has 2 rings (SSSR count). The zero-order chi connectivity index (χ0) is 13.1. The van der Waals surface area contributed by atoms with Crippen LogP contribution in [0.5, 0.6) is 11.6 Å². The highest BCUT2D eigenvalue weighted by molar-refractivity contribution is 5.39. The summed E-state index contributed by atoms with van der Waals surface area (Å²) in [5.74, 6) is -0.173. The summed E-state index contributed by atoms with van der Waals surface area (Å²) in [4.78, 5) is 3.84. The monoisotopic (exact) mass is 247 g/mol. The van der Waals surface area contributed by atoms with Crippen molar-refractivity contribution in [1.82, 2.24) is 4.98 Å². The van der Waals surface area contributed by atoms with Crippen molar-refractivity contribution in [3.8, 4) is 11.6 Å². The van der Waals surface area contributed by atoms with Crippen molar-refractivity contribution in [1.29, 1.82) is 0 Å². The zero-order valence-corrected chi connectivity index (χ0v) is 10.3. The van der Waals surface area contributed by atoms with Crippen molar-refractivity contribution in [3.63, 3.8) is 0 Å². The number of aromatic nitrogens is 1. The standard InChI is InChI=1S/C14H14FNO2/c1-9-3-4-10(2)12(7-9)18-14-13(15)11(8-17)5-6-16-14/h3-7,17H,8H2,1-2H3. The number of pyridine rings is 1. The molecule has 0 bridgehead atoms. The number of halogens is 1. The van der Waals surface area contributed by atoms with Crippen LogP contribution in [-0.4, -0.2) is 10.1 Å². The lowest BCUT2D eigenvalue weighted by Crippen LogP contribution is -1.98. The minimum absolute atomic E-state index is 0.116. The van der Waals surface area contributed by atoms with Crippen LogP contribution in [0.4, 0.5) is 4.39 Å². The maximum atomic E-state index is 13.8. The van der Waals surface area contributed by atoms with Gasteiger partial charge in [0, 0.05) is 11.8 Å². The van der Waals surface area contributed by atoms with Gasteiger partial charge in [-0.3, -0.25) is 0 Å². The molecule has 1 N–H and O–H groups in total. The van der Waals surface area contributed by atoms with E-state index in [9.17, 15) is 4.39 Å². The molecule has 0 atom stereocenters. The van der Waals surface area contributed by atoms with Crippen molar-refractivity contribution in [2.45, 2.75) is 20.5 Å². The van der Waals surface area contributed by atoms with E-state index in [1.54, 1.807) is 0 Å². The number of nitrogens with zero attached hydrogens (tertiary/aromatic N) is 1. The zero-order valence-electron chi connectivity index (χ0n) is 10.3. The maximum absolute atomic E-state index is 13.8. The van der Waals surface area contributed by atoms with Crippen LogP contribution in [0, 0.1) is 19.7 Å². The Morgan fingerprint density at radius 3 is 2.78 bits per heavy atom. The third-order valence-electron chi connectivity index (χ3n) is 2.66. The highest BCUT2D eigenvalue weighted by Gasteiger charge is 2.12. The SMILES string of the molecule is Cc1ccc(C)c(Oc2nccc(CO)c2F)c1. The molecule has 3 nitrogen and oxygen atoms in total. The van der Waals surface area contributed by atoms with Gasteiger partial charge in [0.25, 0.3) is 5.88 Å². The molecule has 0 unspecified atom stereocenters. The van der Waals surface area contributed by atoms with Gasteiger partial charge >= 0.3 is 0 Å². The third-order valence-corrected chi connectivity index (χ3v) is 2.66. The smallest absolute Gasteiger partial charge is 0.256 e. The largest absolute Gasteiger partial charge is 0.436 e. The molecule has 0 saturated heterocycles. The predicted molar refractivity (Wildman–Crippen MR) is 66.1 cm³/mol. The lowest BCUT2D eigenvalue weighted by atomic mass is 10.1. The van der Waals surface area contributed by atoms with Gasteiger partial charge in [0.1, 0.15) is 5.75 Å². The normalized spacial score (nSPS) is 10.4. The number of ether oxygens (including phenoxy) is 1. The van der Waals surface area contributed by atoms with Crippen molar-refractivity contribution < 1.29 is 14.2 Å². The Bertz CT molecular complexity index is 570. The Morgan fingerprint density at radius 1 is 1.28 bits per heavy atom. The molecule has 0 amide bonds. The van der Waals surface area contributed by atoms with Crippen molar-refractivity contribution in [2.24, 2.45) is 0 Å². The molecule has 0 aliphatic rings. The maximum Gasteiger partial charge on any atom is 0.256 e. The number of aliphatic hydroxyl groups is 1. The van der Waals surface area contributed by atoms with E-state index in [0.717, 1.165) is 11.1 Å². The molecule has 18 heavy (non-hydrogen) atoms. The van der Waals surface area contributed by atoms with Crippen LogP contribution >= 0.6 is 0 Å². The van der Waals surface area contributed by atoms with E-state index in [1.165, 1.54) is 12.3 Å². The van der Waals surface area contributed by atoms with E-state index in [2.05, 4.69) is 4.98 Å². The fraction of sp³-hybridized carbons (Fsp3) is 0.214. The van der Waals surface area contributed by atoms with Gasteiger partial charge in [0.15, 0.2) is 5.82 Å². The second kappa shape index (κ2) is 5.14. The molecule has 4 heteroatoms. The fourth-order valence-electron chi connectivity index (χ4n) is 1.58. The molecule has 1 aromatic heterocycles. The van der Waals surface area contributed by atoms with Gasteiger partial charge in [0.05, 0.1) is 6.61 Å². The van der Waals surface area contributed by atoms with Crippen molar-refractivity contribution in [2.75, 3.05) is 0 Å². The van der Waals surface area contributed by atoms with Gasteiger partial charge < -0.3 is 9.84 Å². The van der Waals surface area contributed by atoms with Gasteiger partial charge in [-0.15, -0.1) is 0 Å². The van der Waals surface area contributed by atoms with Crippen LogP contribution in [0.2, 0.25) is 0 Å². The first kappa shape index (κ1) is 12.5. The average molecular weight is 247 g/mol. The quantitative estimate of drug-likeness (QED) is 0.906. The van der Waals surface area contributed by atoms with E-state index in [4.69, 9.17) is 9.84 Å². The first-order chi connectivity index (χ1) is 8.61. The Morgan fingerprint density at radius 2 is 2.06 bits per heavy atom. The Labute approximate surface area is 105 Å². The summed E-state index contributed by atoms with van der Waals surface area (Å²) < 4.78 is 19.3. The van der Waals surface area contributed by atoms with Gasteiger partial charge in [-0.25, -0.2) is 9.37 Å². The summed E-state index contributed by atoms with van der Waals surface area (Å²) in [6.45, 7) is 3.43.